The second kappa shape index (κ2) is 6.40. The highest BCUT2D eigenvalue weighted by Gasteiger charge is 2.24. The van der Waals surface area contributed by atoms with Gasteiger partial charge in [0, 0.05) is 45.3 Å². The van der Waals surface area contributed by atoms with Crippen LogP contribution in [0, 0.1) is 6.92 Å². The third kappa shape index (κ3) is 3.04. The van der Waals surface area contributed by atoms with E-state index in [2.05, 4.69) is 10.00 Å². The first kappa shape index (κ1) is 15.5. The molecular weight excluding hydrogens is 320 g/mol. The molecule has 2 aromatic rings. The Bertz CT molecular complexity index is 659. The van der Waals surface area contributed by atoms with E-state index in [0.717, 1.165) is 48.9 Å². The molecule has 118 valence electrons. The van der Waals surface area contributed by atoms with Crippen LogP contribution in [-0.4, -0.2) is 51.7 Å². The summed E-state index contributed by atoms with van der Waals surface area (Å²) >= 11 is 7.79. The number of thiophene rings is 1. The van der Waals surface area contributed by atoms with Crippen LogP contribution in [0.4, 0.5) is 0 Å². The number of amides is 1. The number of hydrogen-bond acceptors (Lipinski definition) is 4. The Kier molecular flexibility index (Phi) is 4.52. The summed E-state index contributed by atoms with van der Waals surface area (Å²) in [4.78, 5) is 17.4. The Labute approximate surface area is 139 Å². The minimum absolute atomic E-state index is 0.144. The van der Waals surface area contributed by atoms with Gasteiger partial charge in [-0.1, -0.05) is 17.7 Å². The summed E-state index contributed by atoms with van der Waals surface area (Å²) in [5.41, 5.74) is 2.06. The van der Waals surface area contributed by atoms with E-state index in [-0.39, 0.29) is 5.91 Å². The van der Waals surface area contributed by atoms with Gasteiger partial charge in [0.2, 0.25) is 0 Å². The molecule has 0 bridgehead atoms. The van der Waals surface area contributed by atoms with Crippen LogP contribution in [0.2, 0.25) is 5.15 Å². The number of halogens is 1. The second-order valence-electron chi connectivity index (χ2n) is 5.52. The summed E-state index contributed by atoms with van der Waals surface area (Å²) in [5, 5.41) is 6.99. The SMILES string of the molecule is Cc1nn(C)c(Cl)c1CN1CCN(C(=O)c2cccs2)CC1. The Balaban J connectivity index is 1.59. The maximum atomic E-state index is 12.3. The number of aryl methyl sites for hydroxylation is 2. The first-order valence-corrected chi connectivity index (χ1v) is 8.55. The van der Waals surface area contributed by atoms with Gasteiger partial charge in [-0.2, -0.15) is 5.10 Å². The standard InChI is InChI=1S/C15H19ClN4OS/c1-11-12(14(16)18(2)17-11)10-19-5-7-20(8-6-19)15(21)13-4-3-9-22-13/h3-4,9H,5-8,10H2,1-2H3. The Morgan fingerprint density at radius 3 is 2.64 bits per heavy atom. The number of aromatic nitrogens is 2. The molecule has 0 unspecified atom stereocenters. The fourth-order valence-corrected chi connectivity index (χ4v) is 3.67. The molecule has 0 saturated carbocycles. The van der Waals surface area contributed by atoms with E-state index in [4.69, 9.17) is 11.6 Å². The van der Waals surface area contributed by atoms with Gasteiger partial charge < -0.3 is 4.90 Å². The zero-order valence-corrected chi connectivity index (χ0v) is 14.3. The molecule has 5 nitrogen and oxygen atoms in total. The molecule has 1 aliphatic rings. The highest BCUT2D eigenvalue weighted by molar-refractivity contribution is 7.12. The number of rotatable bonds is 3. The van der Waals surface area contributed by atoms with E-state index in [0.29, 0.717) is 5.15 Å². The molecule has 2 aromatic heterocycles. The molecule has 0 radical (unpaired) electrons. The van der Waals surface area contributed by atoms with Crippen LogP contribution >= 0.6 is 22.9 Å². The zero-order valence-electron chi connectivity index (χ0n) is 12.8. The highest BCUT2D eigenvalue weighted by Crippen LogP contribution is 2.21. The van der Waals surface area contributed by atoms with E-state index >= 15 is 0 Å². The molecule has 22 heavy (non-hydrogen) atoms. The highest BCUT2D eigenvalue weighted by atomic mass is 35.5. The first-order chi connectivity index (χ1) is 10.6. The summed E-state index contributed by atoms with van der Waals surface area (Å²) in [7, 11) is 1.86. The van der Waals surface area contributed by atoms with Crippen molar-refractivity contribution >= 4 is 28.8 Å². The van der Waals surface area contributed by atoms with Crippen molar-refractivity contribution in [1.82, 2.24) is 19.6 Å². The van der Waals surface area contributed by atoms with E-state index in [1.807, 2.05) is 36.4 Å². The first-order valence-electron chi connectivity index (χ1n) is 7.29. The van der Waals surface area contributed by atoms with Crippen molar-refractivity contribution in [2.75, 3.05) is 26.2 Å². The minimum Gasteiger partial charge on any atom is -0.335 e. The monoisotopic (exact) mass is 338 g/mol. The van der Waals surface area contributed by atoms with Crippen molar-refractivity contribution in [3.8, 4) is 0 Å². The molecule has 0 spiro atoms. The second-order valence-corrected chi connectivity index (χ2v) is 6.83. The van der Waals surface area contributed by atoms with Gasteiger partial charge in [0.05, 0.1) is 10.6 Å². The molecule has 0 aromatic carbocycles. The average molecular weight is 339 g/mol. The van der Waals surface area contributed by atoms with E-state index in [1.165, 1.54) is 11.3 Å². The number of nitrogens with zero attached hydrogens (tertiary/aromatic N) is 4. The fraction of sp³-hybridized carbons (Fsp3) is 0.467. The zero-order chi connectivity index (χ0) is 15.7. The molecule has 0 aliphatic carbocycles. The van der Waals surface area contributed by atoms with Gasteiger partial charge in [0.25, 0.3) is 5.91 Å². The lowest BCUT2D eigenvalue weighted by Gasteiger charge is -2.34. The number of carbonyl (C=O) groups excluding carboxylic acids is 1. The predicted molar refractivity (Wildman–Crippen MR) is 88.5 cm³/mol. The van der Waals surface area contributed by atoms with Gasteiger partial charge in [-0.3, -0.25) is 14.4 Å². The van der Waals surface area contributed by atoms with Gasteiger partial charge in [0.1, 0.15) is 5.15 Å². The summed E-state index contributed by atoms with van der Waals surface area (Å²) in [5.74, 6) is 0.144. The van der Waals surface area contributed by atoms with Crippen molar-refractivity contribution < 1.29 is 4.79 Å². The van der Waals surface area contributed by atoms with Crippen LogP contribution in [-0.2, 0) is 13.6 Å². The molecule has 0 atom stereocenters. The molecular formula is C15H19ClN4OS. The molecule has 1 amide bonds. The van der Waals surface area contributed by atoms with E-state index in [1.54, 1.807) is 4.68 Å². The van der Waals surface area contributed by atoms with Crippen LogP contribution < -0.4 is 0 Å². The van der Waals surface area contributed by atoms with Crippen molar-refractivity contribution in [2.45, 2.75) is 13.5 Å². The van der Waals surface area contributed by atoms with Crippen molar-refractivity contribution in [3.05, 3.63) is 38.8 Å². The number of carbonyl (C=O) groups is 1. The summed E-state index contributed by atoms with van der Waals surface area (Å²) in [6.07, 6.45) is 0. The molecule has 3 heterocycles. The predicted octanol–water partition coefficient (Wildman–Crippen LogP) is 2.40. The molecule has 1 saturated heterocycles. The largest absolute Gasteiger partial charge is 0.335 e. The normalized spacial score (nSPS) is 16.2. The van der Waals surface area contributed by atoms with E-state index < -0.39 is 0 Å². The molecule has 1 fully saturated rings. The molecule has 7 heteroatoms. The lowest BCUT2D eigenvalue weighted by atomic mass is 10.2. The minimum atomic E-state index is 0.144. The van der Waals surface area contributed by atoms with Crippen LogP contribution in [0.3, 0.4) is 0 Å². The average Bonchev–Trinajstić information content (AvgIpc) is 3.12. The van der Waals surface area contributed by atoms with E-state index in [9.17, 15) is 4.79 Å². The third-order valence-electron chi connectivity index (χ3n) is 4.04. The maximum Gasteiger partial charge on any atom is 0.264 e. The van der Waals surface area contributed by atoms with Crippen LogP contribution in [0.5, 0.6) is 0 Å². The fourth-order valence-electron chi connectivity index (χ4n) is 2.74. The molecule has 3 rings (SSSR count). The molecule has 1 aliphatic heterocycles. The van der Waals surface area contributed by atoms with Crippen LogP contribution in [0.1, 0.15) is 20.9 Å². The third-order valence-corrected chi connectivity index (χ3v) is 5.37. The Morgan fingerprint density at radius 2 is 2.09 bits per heavy atom. The van der Waals surface area contributed by atoms with Gasteiger partial charge in [-0.05, 0) is 18.4 Å². The van der Waals surface area contributed by atoms with Crippen molar-refractivity contribution in [3.63, 3.8) is 0 Å². The summed E-state index contributed by atoms with van der Waals surface area (Å²) in [6, 6.07) is 3.81. The van der Waals surface area contributed by atoms with Gasteiger partial charge in [-0.25, -0.2) is 0 Å². The Hall–Kier alpha value is -1.37. The lowest BCUT2D eigenvalue weighted by Crippen LogP contribution is -2.48. The number of piperazine rings is 1. The molecule has 0 N–H and O–H groups in total. The number of hydrogen-bond donors (Lipinski definition) is 0. The van der Waals surface area contributed by atoms with Crippen molar-refractivity contribution in [1.29, 1.82) is 0 Å². The Morgan fingerprint density at radius 1 is 1.36 bits per heavy atom. The summed E-state index contributed by atoms with van der Waals surface area (Å²) < 4.78 is 1.71. The topological polar surface area (TPSA) is 41.4 Å². The quantitative estimate of drug-likeness (QED) is 0.863. The lowest BCUT2D eigenvalue weighted by molar-refractivity contribution is 0.0633. The van der Waals surface area contributed by atoms with Crippen molar-refractivity contribution in [2.24, 2.45) is 7.05 Å². The van der Waals surface area contributed by atoms with Gasteiger partial charge in [0.15, 0.2) is 0 Å². The smallest absolute Gasteiger partial charge is 0.264 e. The van der Waals surface area contributed by atoms with Gasteiger partial charge in [-0.15, -0.1) is 11.3 Å². The van der Waals surface area contributed by atoms with Gasteiger partial charge >= 0.3 is 0 Å². The maximum absolute atomic E-state index is 12.3. The van der Waals surface area contributed by atoms with Crippen LogP contribution in [0.25, 0.3) is 0 Å². The van der Waals surface area contributed by atoms with Crippen LogP contribution in [0.15, 0.2) is 17.5 Å². The summed E-state index contributed by atoms with van der Waals surface area (Å²) in [6.45, 7) is 6.02.